The molecule has 0 spiro atoms. The van der Waals surface area contributed by atoms with Crippen molar-refractivity contribution in [3.05, 3.63) is 11.9 Å². The Morgan fingerprint density at radius 2 is 2.22 bits per heavy atom. The molecule has 6 heteroatoms. The fourth-order valence-electron chi connectivity index (χ4n) is 2.09. The first kappa shape index (κ1) is 12.6. The van der Waals surface area contributed by atoms with Gasteiger partial charge in [0.1, 0.15) is 17.5 Å². The number of aromatic nitrogens is 2. The number of hydrogen-bond donors (Lipinski definition) is 2. The van der Waals surface area contributed by atoms with Crippen LogP contribution in [0, 0.1) is 5.92 Å². The van der Waals surface area contributed by atoms with Gasteiger partial charge >= 0.3 is 0 Å². The van der Waals surface area contributed by atoms with E-state index >= 15 is 0 Å². The molecule has 1 aromatic heterocycles. The third kappa shape index (κ3) is 2.52. The van der Waals surface area contributed by atoms with E-state index in [0.29, 0.717) is 12.4 Å². The lowest BCUT2D eigenvalue weighted by Crippen LogP contribution is -2.28. The Kier molecular flexibility index (Phi) is 3.36. The van der Waals surface area contributed by atoms with Crippen molar-refractivity contribution in [2.45, 2.75) is 26.2 Å². The summed E-state index contributed by atoms with van der Waals surface area (Å²) in [6.07, 6.45) is 0.774. The van der Waals surface area contributed by atoms with Crippen molar-refractivity contribution in [3.8, 4) is 0 Å². The van der Waals surface area contributed by atoms with Crippen molar-refractivity contribution in [3.63, 3.8) is 0 Å². The summed E-state index contributed by atoms with van der Waals surface area (Å²) in [7, 11) is 0. The van der Waals surface area contributed by atoms with E-state index in [0.717, 1.165) is 24.6 Å². The molecule has 2 heterocycles. The second-order valence-corrected chi connectivity index (χ2v) is 5.00. The number of nitrogens with two attached hydrogens (primary N) is 2. The van der Waals surface area contributed by atoms with E-state index in [4.69, 9.17) is 11.5 Å². The molecule has 0 bridgehead atoms. The van der Waals surface area contributed by atoms with E-state index in [1.165, 1.54) is 0 Å². The number of anilines is 2. The minimum absolute atomic E-state index is 0.0938. The molecule has 98 valence electrons. The third-order valence-electron chi connectivity index (χ3n) is 3.18. The molecule has 1 fully saturated rings. The fourth-order valence-corrected chi connectivity index (χ4v) is 2.09. The lowest BCUT2D eigenvalue weighted by atomic mass is 10.1. The zero-order chi connectivity index (χ0) is 13.3. The summed E-state index contributed by atoms with van der Waals surface area (Å²) in [6.45, 7) is 5.44. The number of carbonyl (C=O) groups excluding carboxylic acids is 1. The van der Waals surface area contributed by atoms with E-state index in [2.05, 4.69) is 9.97 Å². The first-order chi connectivity index (χ1) is 8.47. The average Bonchev–Trinajstić information content (AvgIpc) is 2.77. The standard InChI is InChI=1S/C12H19N5O/c1-7(2)12-15-9(13)5-10(16-12)17-4-3-8(6-17)11(14)18/h5,7-8H,3-4,6H2,1-2H3,(H2,14,18)(H2,13,15,16). The number of rotatable bonds is 3. The van der Waals surface area contributed by atoms with E-state index in [1.54, 1.807) is 6.07 Å². The lowest BCUT2D eigenvalue weighted by Gasteiger charge is -2.18. The molecule has 1 aliphatic rings. The Hall–Kier alpha value is -1.85. The quantitative estimate of drug-likeness (QED) is 0.812. The number of primary amides is 1. The molecular weight excluding hydrogens is 230 g/mol. The largest absolute Gasteiger partial charge is 0.384 e. The first-order valence-corrected chi connectivity index (χ1v) is 6.16. The van der Waals surface area contributed by atoms with Gasteiger partial charge in [-0.1, -0.05) is 13.8 Å². The predicted molar refractivity (Wildman–Crippen MR) is 70.0 cm³/mol. The van der Waals surface area contributed by atoms with Crippen LogP contribution in [-0.2, 0) is 4.79 Å². The molecule has 2 rings (SSSR count). The van der Waals surface area contributed by atoms with Crippen molar-refractivity contribution >= 4 is 17.5 Å². The molecule has 0 aromatic carbocycles. The van der Waals surface area contributed by atoms with Crippen molar-refractivity contribution in [2.75, 3.05) is 23.7 Å². The average molecular weight is 249 g/mol. The smallest absolute Gasteiger partial charge is 0.222 e. The van der Waals surface area contributed by atoms with E-state index in [9.17, 15) is 4.79 Å². The molecule has 6 nitrogen and oxygen atoms in total. The molecule has 1 atom stereocenters. The maximum atomic E-state index is 11.2. The monoisotopic (exact) mass is 249 g/mol. The summed E-state index contributed by atoms with van der Waals surface area (Å²) in [4.78, 5) is 21.9. The molecule has 0 radical (unpaired) electrons. The van der Waals surface area contributed by atoms with Crippen LogP contribution in [0.1, 0.15) is 32.0 Å². The van der Waals surface area contributed by atoms with Crippen LogP contribution in [0.4, 0.5) is 11.6 Å². The molecule has 0 saturated carbocycles. The second-order valence-electron chi connectivity index (χ2n) is 5.00. The summed E-state index contributed by atoms with van der Waals surface area (Å²) in [5.74, 6) is 1.86. The Morgan fingerprint density at radius 3 is 2.78 bits per heavy atom. The van der Waals surface area contributed by atoms with Crippen molar-refractivity contribution < 1.29 is 4.79 Å². The third-order valence-corrected chi connectivity index (χ3v) is 3.18. The van der Waals surface area contributed by atoms with Crippen LogP contribution in [-0.4, -0.2) is 29.0 Å². The van der Waals surface area contributed by atoms with Crippen molar-refractivity contribution in [1.82, 2.24) is 9.97 Å². The Morgan fingerprint density at radius 1 is 1.50 bits per heavy atom. The maximum Gasteiger partial charge on any atom is 0.222 e. The maximum absolute atomic E-state index is 11.2. The van der Waals surface area contributed by atoms with Crippen molar-refractivity contribution in [1.29, 1.82) is 0 Å². The topological polar surface area (TPSA) is 98.1 Å². The van der Waals surface area contributed by atoms with Crippen LogP contribution in [0.3, 0.4) is 0 Å². The Labute approximate surface area is 106 Å². The molecule has 1 saturated heterocycles. The predicted octanol–water partition coefficient (Wildman–Crippen LogP) is 0.494. The number of hydrogen-bond acceptors (Lipinski definition) is 5. The highest BCUT2D eigenvalue weighted by Gasteiger charge is 2.27. The Balaban J connectivity index is 2.21. The Bertz CT molecular complexity index is 460. The number of carbonyl (C=O) groups is 1. The number of amides is 1. The molecular formula is C12H19N5O. The SMILES string of the molecule is CC(C)c1nc(N)cc(N2CCC(C(N)=O)C2)n1. The zero-order valence-corrected chi connectivity index (χ0v) is 10.8. The number of nitrogens with zero attached hydrogens (tertiary/aromatic N) is 3. The van der Waals surface area contributed by atoms with Gasteiger partial charge in [-0.2, -0.15) is 0 Å². The second kappa shape index (κ2) is 4.80. The van der Waals surface area contributed by atoms with Gasteiger partial charge in [0, 0.05) is 25.1 Å². The van der Waals surface area contributed by atoms with Gasteiger partial charge in [-0.05, 0) is 6.42 Å². The van der Waals surface area contributed by atoms with Crippen LogP contribution in [0.2, 0.25) is 0 Å². The first-order valence-electron chi connectivity index (χ1n) is 6.16. The fraction of sp³-hybridized carbons (Fsp3) is 0.583. The zero-order valence-electron chi connectivity index (χ0n) is 10.8. The number of nitrogen functional groups attached to an aromatic ring is 1. The summed E-state index contributed by atoms with van der Waals surface area (Å²) in [5, 5.41) is 0. The van der Waals surface area contributed by atoms with E-state index in [1.807, 2.05) is 18.7 Å². The van der Waals surface area contributed by atoms with Gasteiger partial charge in [-0.25, -0.2) is 9.97 Å². The van der Waals surface area contributed by atoms with Gasteiger partial charge in [-0.3, -0.25) is 4.79 Å². The minimum Gasteiger partial charge on any atom is -0.384 e. The molecule has 1 aliphatic heterocycles. The molecule has 1 amide bonds. The van der Waals surface area contributed by atoms with Gasteiger partial charge in [0.25, 0.3) is 0 Å². The van der Waals surface area contributed by atoms with Crippen LogP contribution < -0.4 is 16.4 Å². The highest BCUT2D eigenvalue weighted by atomic mass is 16.1. The van der Waals surface area contributed by atoms with Gasteiger partial charge in [-0.15, -0.1) is 0 Å². The van der Waals surface area contributed by atoms with Gasteiger partial charge < -0.3 is 16.4 Å². The normalized spacial score (nSPS) is 19.5. The van der Waals surface area contributed by atoms with Gasteiger partial charge in [0.05, 0.1) is 5.92 Å². The van der Waals surface area contributed by atoms with E-state index in [-0.39, 0.29) is 17.7 Å². The summed E-state index contributed by atoms with van der Waals surface area (Å²) in [6, 6.07) is 1.75. The molecule has 4 N–H and O–H groups in total. The van der Waals surface area contributed by atoms with Crippen LogP contribution in [0.15, 0.2) is 6.07 Å². The minimum atomic E-state index is -0.247. The van der Waals surface area contributed by atoms with Gasteiger partial charge in [0.2, 0.25) is 5.91 Å². The molecule has 18 heavy (non-hydrogen) atoms. The highest BCUT2D eigenvalue weighted by Crippen LogP contribution is 2.24. The van der Waals surface area contributed by atoms with Gasteiger partial charge in [0.15, 0.2) is 0 Å². The molecule has 0 aliphatic carbocycles. The molecule has 1 unspecified atom stereocenters. The van der Waals surface area contributed by atoms with Crippen molar-refractivity contribution in [2.24, 2.45) is 11.7 Å². The van der Waals surface area contributed by atoms with E-state index < -0.39 is 0 Å². The summed E-state index contributed by atoms with van der Waals surface area (Å²) in [5.41, 5.74) is 11.1. The van der Waals surface area contributed by atoms with Crippen LogP contribution in [0.25, 0.3) is 0 Å². The summed E-state index contributed by atoms with van der Waals surface area (Å²) < 4.78 is 0. The van der Waals surface area contributed by atoms with Crippen LogP contribution >= 0.6 is 0 Å². The van der Waals surface area contributed by atoms with Crippen LogP contribution in [0.5, 0.6) is 0 Å². The summed E-state index contributed by atoms with van der Waals surface area (Å²) >= 11 is 0. The lowest BCUT2D eigenvalue weighted by molar-refractivity contribution is -0.121. The molecule has 1 aromatic rings. The highest BCUT2D eigenvalue weighted by molar-refractivity contribution is 5.78.